The van der Waals surface area contributed by atoms with Gasteiger partial charge in [0.15, 0.2) is 0 Å². The molecule has 0 heterocycles. The van der Waals surface area contributed by atoms with E-state index in [1.165, 1.54) is 7.11 Å². The summed E-state index contributed by atoms with van der Waals surface area (Å²) in [6.07, 6.45) is 1.67. The number of rotatable bonds is 6. The summed E-state index contributed by atoms with van der Waals surface area (Å²) in [5, 5.41) is 0. The summed E-state index contributed by atoms with van der Waals surface area (Å²) in [6, 6.07) is 0. The van der Waals surface area contributed by atoms with Crippen molar-refractivity contribution in [3.05, 3.63) is 0 Å². The summed E-state index contributed by atoms with van der Waals surface area (Å²) in [7, 11) is -1.73. The molecule has 1 aliphatic rings. The lowest BCUT2D eigenvalue weighted by Crippen LogP contribution is -2.40. The van der Waals surface area contributed by atoms with Gasteiger partial charge >= 0.3 is 0 Å². The molecule has 0 atom stereocenters. The quantitative estimate of drug-likeness (QED) is 0.666. The van der Waals surface area contributed by atoms with Crippen molar-refractivity contribution >= 4 is 21.6 Å². The monoisotopic (exact) mass is 227 g/mol. The highest BCUT2D eigenvalue weighted by Gasteiger charge is 2.44. The van der Waals surface area contributed by atoms with Crippen LogP contribution in [0.3, 0.4) is 0 Å². The largest absolute Gasteiger partial charge is 0.384 e. The Hall–Kier alpha value is 0.160. The molecule has 0 aromatic rings. The van der Waals surface area contributed by atoms with Crippen LogP contribution in [0, 0.1) is 0 Å². The molecule has 0 radical (unpaired) electrons. The van der Waals surface area contributed by atoms with Gasteiger partial charge in [-0.1, -0.05) is 0 Å². The van der Waals surface area contributed by atoms with Crippen molar-refractivity contribution in [2.45, 2.75) is 18.4 Å². The molecule has 1 saturated carbocycles. The second kappa shape index (κ2) is 4.13. The van der Waals surface area contributed by atoms with Gasteiger partial charge in [-0.05, 0) is 12.8 Å². The van der Waals surface area contributed by atoms with Crippen molar-refractivity contribution in [2.75, 3.05) is 25.3 Å². The summed E-state index contributed by atoms with van der Waals surface area (Å²) in [4.78, 5) is 0. The summed E-state index contributed by atoms with van der Waals surface area (Å²) in [5.41, 5.74) is -0.353. The Morgan fingerprint density at radius 2 is 2.15 bits per heavy atom. The van der Waals surface area contributed by atoms with Crippen LogP contribution in [0.1, 0.15) is 12.8 Å². The first-order chi connectivity index (χ1) is 6.04. The molecular weight excluding hydrogens is 214 g/mol. The van der Waals surface area contributed by atoms with Crippen LogP contribution in [0.25, 0.3) is 0 Å². The van der Waals surface area contributed by atoms with E-state index in [-0.39, 0.29) is 17.9 Å². The van der Waals surface area contributed by atoms with E-state index in [1.807, 2.05) is 0 Å². The zero-order chi connectivity index (χ0) is 9.95. The van der Waals surface area contributed by atoms with Gasteiger partial charge in [0.1, 0.15) is 0 Å². The van der Waals surface area contributed by atoms with Crippen LogP contribution < -0.4 is 4.72 Å². The van der Waals surface area contributed by atoms with Crippen molar-refractivity contribution in [3.63, 3.8) is 0 Å². The van der Waals surface area contributed by atoms with Gasteiger partial charge in [0.25, 0.3) is 0 Å². The highest BCUT2D eigenvalue weighted by molar-refractivity contribution is 7.89. The number of halogens is 1. The van der Waals surface area contributed by atoms with Gasteiger partial charge in [0.05, 0.1) is 12.4 Å². The number of ether oxygens (including phenoxy) is 1. The summed E-state index contributed by atoms with van der Waals surface area (Å²) in [6.45, 7) is 0.216. The zero-order valence-corrected chi connectivity index (χ0v) is 9.12. The van der Waals surface area contributed by atoms with Gasteiger partial charge in [0.2, 0.25) is 10.0 Å². The Bertz CT molecular complexity index is 261. The number of sulfonamides is 1. The molecule has 0 bridgehead atoms. The minimum atomic E-state index is -3.21. The molecule has 1 fully saturated rings. The molecule has 0 unspecified atom stereocenters. The molecule has 4 nitrogen and oxygen atoms in total. The predicted molar refractivity (Wildman–Crippen MR) is 51.5 cm³/mol. The Morgan fingerprint density at radius 1 is 1.54 bits per heavy atom. The van der Waals surface area contributed by atoms with Crippen molar-refractivity contribution < 1.29 is 13.2 Å². The molecule has 0 amide bonds. The lowest BCUT2D eigenvalue weighted by atomic mass is 10.4. The van der Waals surface area contributed by atoms with Crippen molar-refractivity contribution in [2.24, 2.45) is 0 Å². The van der Waals surface area contributed by atoms with Crippen molar-refractivity contribution in [3.8, 4) is 0 Å². The molecule has 0 aromatic carbocycles. The fourth-order valence-electron chi connectivity index (χ4n) is 0.988. The van der Waals surface area contributed by atoms with Crippen LogP contribution in [-0.2, 0) is 14.8 Å². The third kappa shape index (κ3) is 3.42. The molecule has 0 aliphatic heterocycles. The Morgan fingerprint density at radius 3 is 2.54 bits per heavy atom. The van der Waals surface area contributed by atoms with Crippen LogP contribution in [0.4, 0.5) is 0 Å². The fourth-order valence-corrected chi connectivity index (χ4v) is 2.83. The molecule has 13 heavy (non-hydrogen) atoms. The van der Waals surface area contributed by atoms with Crippen LogP contribution >= 0.6 is 11.6 Å². The van der Waals surface area contributed by atoms with Gasteiger partial charge < -0.3 is 4.74 Å². The minimum Gasteiger partial charge on any atom is -0.384 e. The standard InChI is InChI=1S/C7H14ClNO3S/c1-12-4-5-13(10,11)9-7(6-8)2-3-7/h9H,2-6H2,1H3. The van der Waals surface area contributed by atoms with Gasteiger partial charge in [-0.25, -0.2) is 13.1 Å². The van der Waals surface area contributed by atoms with E-state index in [0.717, 1.165) is 12.8 Å². The van der Waals surface area contributed by atoms with E-state index in [2.05, 4.69) is 4.72 Å². The van der Waals surface area contributed by atoms with E-state index in [1.54, 1.807) is 0 Å². The number of hydrogen-bond donors (Lipinski definition) is 1. The summed E-state index contributed by atoms with van der Waals surface area (Å²) >= 11 is 5.64. The lowest BCUT2D eigenvalue weighted by molar-refractivity contribution is 0.216. The van der Waals surface area contributed by atoms with Crippen LogP contribution in [0.5, 0.6) is 0 Å². The normalized spacial score (nSPS) is 20.2. The van der Waals surface area contributed by atoms with Crippen molar-refractivity contribution in [1.82, 2.24) is 4.72 Å². The summed E-state index contributed by atoms with van der Waals surface area (Å²) in [5.74, 6) is 0.349. The average Bonchev–Trinajstić information content (AvgIpc) is 2.81. The van der Waals surface area contributed by atoms with E-state index in [0.29, 0.717) is 5.88 Å². The third-order valence-corrected chi connectivity index (χ3v) is 4.00. The molecule has 78 valence electrons. The van der Waals surface area contributed by atoms with Crippen LogP contribution in [-0.4, -0.2) is 39.3 Å². The molecule has 1 aliphatic carbocycles. The highest BCUT2D eigenvalue weighted by atomic mass is 35.5. The molecule has 0 spiro atoms. The number of nitrogens with one attached hydrogen (secondary N) is 1. The number of hydrogen-bond acceptors (Lipinski definition) is 3. The van der Waals surface area contributed by atoms with Gasteiger partial charge in [-0.15, -0.1) is 11.6 Å². The first-order valence-corrected chi connectivity index (χ1v) is 6.29. The number of methoxy groups -OCH3 is 1. The minimum absolute atomic E-state index is 0.00212. The number of alkyl halides is 1. The van der Waals surface area contributed by atoms with Gasteiger partial charge in [-0.2, -0.15) is 0 Å². The molecule has 0 saturated heterocycles. The topological polar surface area (TPSA) is 55.4 Å². The second-order valence-electron chi connectivity index (χ2n) is 3.33. The fraction of sp³-hybridized carbons (Fsp3) is 1.00. The van der Waals surface area contributed by atoms with Crippen molar-refractivity contribution in [1.29, 1.82) is 0 Å². The Balaban J connectivity index is 2.43. The van der Waals surface area contributed by atoms with E-state index < -0.39 is 10.0 Å². The molecule has 0 aromatic heterocycles. The van der Waals surface area contributed by atoms with E-state index in [4.69, 9.17) is 16.3 Å². The average molecular weight is 228 g/mol. The van der Waals surface area contributed by atoms with Gasteiger partial charge in [-0.3, -0.25) is 0 Å². The first kappa shape index (κ1) is 11.2. The summed E-state index contributed by atoms with van der Waals surface area (Å²) < 4.78 is 30.0. The SMILES string of the molecule is COCCS(=O)(=O)NC1(CCl)CC1. The third-order valence-electron chi connectivity index (χ3n) is 2.04. The molecular formula is C7H14ClNO3S. The maximum atomic E-state index is 11.4. The highest BCUT2D eigenvalue weighted by Crippen LogP contribution is 2.36. The van der Waals surface area contributed by atoms with E-state index >= 15 is 0 Å². The maximum Gasteiger partial charge on any atom is 0.214 e. The van der Waals surface area contributed by atoms with E-state index in [9.17, 15) is 8.42 Å². The first-order valence-electron chi connectivity index (χ1n) is 4.10. The van der Waals surface area contributed by atoms with Gasteiger partial charge in [0, 0.05) is 18.5 Å². The molecule has 1 rings (SSSR count). The Labute approximate surface area is 83.7 Å². The smallest absolute Gasteiger partial charge is 0.214 e. The Kier molecular flexibility index (Phi) is 3.57. The van der Waals surface area contributed by atoms with Crippen LogP contribution in [0.15, 0.2) is 0 Å². The maximum absolute atomic E-state index is 11.4. The molecule has 1 N–H and O–H groups in total. The van der Waals surface area contributed by atoms with Crippen LogP contribution in [0.2, 0.25) is 0 Å². The zero-order valence-electron chi connectivity index (χ0n) is 7.55. The lowest BCUT2D eigenvalue weighted by Gasteiger charge is -2.13. The second-order valence-corrected chi connectivity index (χ2v) is 5.44. The molecule has 6 heteroatoms. The predicted octanol–water partition coefficient (Wildman–Crippen LogP) is 0.324.